The number of alkyl halides is 3. The average Bonchev–Trinajstić information content (AvgIpc) is 2.88. The number of amides is 2. The van der Waals surface area contributed by atoms with Gasteiger partial charge in [0.2, 0.25) is 5.91 Å². The maximum atomic E-state index is 12.8. The van der Waals surface area contributed by atoms with Crippen molar-refractivity contribution in [3.05, 3.63) is 65.2 Å². The zero-order chi connectivity index (χ0) is 26.4. The van der Waals surface area contributed by atoms with Crippen LogP contribution in [0, 0.1) is 0 Å². The third kappa shape index (κ3) is 7.47. The van der Waals surface area contributed by atoms with Crippen molar-refractivity contribution in [3.63, 3.8) is 0 Å². The Bertz CT molecular complexity index is 1090. The number of likely N-dealkylation sites (tertiary alicyclic amines) is 1. The molecule has 1 aliphatic heterocycles. The number of carbonyl (C=O) groups is 2. The SMILES string of the molecule is COOSc1cccc(C2CCC(N3CC(NC(=O)CNC(=O)c4cccc(C(F)(F)F)c4)C3)CC2)c1. The van der Waals surface area contributed by atoms with Gasteiger partial charge in [-0.2, -0.15) is 17.5 Å². The van der Waals surface area contributed by atoms with E-state index in [1.807, 2.05) is 12.1 Å². The van der Waals surface area contributed by atoms with Crippen molar-refractivity contribution in [2.75, 3.05) is 26.7 Å². The maximum Gasteiger partial charge on any atom is 0.416 e. The number of carbonyl (C=O) groups excluding carboxylic acids is 2. The van der Waals surface area contributed by atoms with E-state index in [-0.39, 0.29) is 24.1 Å². The van der Waals surface area contributed by atoms with Gasteiger partial charge >= 0.3 is 6.18 Å². The van der Waals surface area contributed by atoms with Crippen LogP contribution in [0.1, 0.15) is 53.1 Å². The van der Waals surface area contributed by atoms with Crippen molar-refractivity contribution in [1.82, 2.24) is 15.5 Å². The summed E-state index contributed by atoms with van der Waals surface area (Å²) in [5, 5.41) is 5.28. The van der Waals surface area contributed by atoms with Crippen LogP contribution in [0.15, 0.2) is 53.4 Å². The summed E-state index contributed by atoms with van der Waals surface area (Å²) in [5.41, 5.74) is 0.267. The van der Waals surface area contributed by atoms with Gasteiger partial charge in [0.15, 0.2) is 0 Å². The summed E-state index contributed by atoms with van der Waals surface area (Å²) in [7, 11) is 1.48. The average molecular weight is 538 g/mol. The first-order chi connectivity index (χ1) is 17.7. The smallest absolute Gasteiger partial charge is 0.349 e. The minimum absolute atomic E-state index is 0.00479. The number of rotatable bonds is 9. The predicted octanol–water partition coefficient (Wildman–Crippen LogP) is 4.55. The second-order valence-electron chi connectivity index (χ2n) is 9.38. The molecule has 2 aliphatic rings. The van der Waals surface area contributed by atoms with Gasteiger partial charge in [-0.05, 0) is 67.5 Å². The molecule has 0 aromatic heterocycles. The van der Waals surface area contributed by atoms with Crippen LogP contribution in [0.4, 0.5) is 13.2 Å². The third-order valence-electron chi connectivity index (χ3n) is 6.88. The quantitative estimate of drug-likeness (QED) is 0.278. The van der Waals surface area contributed by atoms with Gasteiger partial charge in [-0.1, -0.05) is 18.2 Å². The van der Waals surface area contributed by atoms with Gasteiger partial charge in [-0.15, -0.1) is 0 Å². The number of hydrogen-bond acceptors (Lipinski definition) is 6. The van der Waals surface area contributed by atoms with Crippen LogP contribution >= 0.6 is 12.0 Å². The lowest BCUT2D eigenvalue weighted by Gasteiger charge is -2.46. The molecule has 2 amide bonds. The van der Waals surface area contributed by atoms with Crippen LogP contribution in [-0.2, 0) is 20.2 Å². The zero-order valence-electron chi connectivity index (χ0n) is 20.4. The van der Waals surface area contributed by atoms with Gasteiger partial charge in [0.05, 0.1) is 37.3 Å². The molecule has 2 aromatic rings. The molecule has 0 spiro atoms. The molecule has 0 radical (unpaired) electrons. The van der Waals surface area contributed by atoms with Crippen molar-refractivity contribution in [2.24, 2.45) is 0 Å². The molecule has 0 unspecified atom stereocenters. The van der Waals surface area contributed by atoms with Crippen LogP contribution in [0.5, 0.6) is 0 Å². The second-order valence-corrected chi connectivity index (χ2v) is 10.1. The lowest BCUT2D eigenvalue weighted by Crippen LogP contribution is -2.63. The highest BCUT2D eigenvalue weighted by Crippen LogP contribution is 2.37. The highest BCUT2D eigenvalue weighted by atomic mass is 32.2. The van der Waals surface area contributed by atoms with Gasteiger partial charge in [0.25, 0.3) is 5.91 Å². The molecule has 1 aliphatic carbocycles. The molecule has 0 atom stereocenters. The van der Waals surface area contributed by atoms with E-state index in [4.69, 9.17) is 4.33 Å². The Balaban J connectivity index is 1.15. The van der Waals surface area contributed by atoms with E-state index in [0.29, 0.717) is 12.0 Å². The molecule has 2 aromatic carbocycles. The van der Waals surface area contributed by atoms with E-state index in [1.54, 1.807) is 0 Å². The fourth-order valence-corrected chi connectivity index (χ4v) is 5.41. The standard InChI is InChI=1S/C26H30F3N3O4S/c1-35-36-37-23-7-3-4-18(13-23)17-8-10-22(11-9-17)32-15-21(16-32)31-24(33)14-30-25(34)19-5-2-6-20(12-19)26(27,28)29/h2-7,12-13,17,21-22H,8-11,14-16H2,1H3,(H,30,34)(H,31,33). The van der Waals surface area contributed by atoms with Crippen LogP contribution < -0.4 is 10.6 Å². The van der Waals surface area contributed by atoms with Crippen LogP contribution in [0.2, 0.25) is 0 Å². The number of hydrogen-bond donors (Lipinski definition) is 2. The molecule has 1 heterocycles. The van der Waals surface area contributed by atoms with Crippen molar-refractivity contribution in [1.29, 1.82) is 0 Å². The van der Waals surface area contributed by atoms with Crippen molar-refractivity contribution in [2.45, 2.75) is 54.8 Å². The molecule has 0 bridgehead atoms. The summed E-state index contributed by atoms with van der Waals surface area (Å²) in [4.78, 5) is 32.5. The summed E-state index contributed by atoms with van der Waals surface area (Å²) >= 11 is 1.20. The summed E-state index contributed by atoms with van der Waals surface area (Å²) in [6.07, 6.45) is -0.167. The molecule has 2 fully saturated rings. The third-order valence-corrected chi connectivity index (χ3v) is 7.53. The highest BCUT2D eigenvalue weighted by molar-refractivity contribution is 7.94. The van der Waals surface area contributed by atoms with Gasteiger partial charge in [0, 0.05) is 29.6 Å². The van der Waals surface area contributed by atoms with E-state index >= 15 is 0 Å². The van der Waals surface area contributed by atoms with Crippen molar-refractivity contribution >= 4 is 23.9 Å². The topological polar surface area (TPSA) is 79.9 Å². The lowest BCUT2D eigenvalue weighted by molar-refractivity contribution is -0.160. The Labute approximate surface area is 218 Å². The Morgan fingerprint density at radius 3 is 2.49 bits per heavy atom. The van der Waals surface area contributed by atoms with Gasteiger partial charge in [-0.25, -0.2) is 4.89 Å². The number of nitrogens with zero attached hydrogens (tertiary/aromatic N) is 1. The van der Waals surface area contributed by atoms with Gasteiger partial charge < -0.3 is 10.6 Å². The van der Waals surface area contributed by atoms with E-state index < -0.39 is 17.6 Å². The highest BCUT2D eigenvalue weighted by Gasteiger charge is 2.35. The first-order valence-corrected chi connectivity index (χ1v) is 12.9. The van der Waals surface area contributed by atoms with E-state index in [2.05, 4.69) is 32.6 Å². The summed E-state index contributed by atoms with van der Waals surface area (Å²) in [5.74, 6) is -0.566. The van der Waals surface area contributed by atoms with E-state index in [1.165, 1.54) is 36.8 Å². The molecule has 1 saturated heterocycles. The monoisotopic (exact) mass is 537 g/mol. The first kappa shape index (κ1) is 27.4. The van der Waals surface area contributed by atoms with E-state index in [0.717, 1.165) is 55.8 Å². The predicted molar refractivity (Wildman–Crippen MR) is 133 cm³/mol. The minimum atomic E-state index is -4.53. The number of benzene rings is 2. The van der Waals surface area contributed by atoms with Gasteiger partial charge in [-0.3, -0.25) is 14.5 Å². The normalized spacial score (nSPS) is 20.8. The zero-order valence-corrected chi connectivity index (χ0v) is 21.2. The Morgan fingerprint density at radius 2 is 1.78 bits per heavy atom. The molecule has 200 valence electrons. The van der Waals surface area contributed by atoms with Crippen LogP contribution in [0.25, 0.3) is 0 Å². The van der Waals surface area contributed by atoms with Crippen LogP contribution in [-0.4, -0.2) is 55.5 Å². The molecule has 1 saturated carbocycles. The largest absolute Gasteiger partial charge is 0.416 e. The Morgan fingerprint density at radius 1 is 1.05 bits per heavy atom. The fourth-order valence-electron chi connectivity index (χ4n) is 4.95. The first-order valence-electron chi connectivity index (χ1n) is 12.2. The fraction of sp³-hybridized carbons (Fsp3) is 0.462. The molecule has 7 nitrogen and oxygen atoms in total. The Kier molecular flexibility index (Phi) is 9.12. The molecule has 2 N–H and O–H groups in total. The van der Waals surface area contributed by atoms with Crippen LogP contribution in [0.3, 0.4) is 0 Å². The summed E-state index contributed by atoms with van der Waals surface area (Å²) < 4.78 is 43.5. The van der Waals surface area contributed by atoms with Gasteiger partial charge in [0.1, 0.15) is 0 Å². The van der Waals surface area contributed by atoms with Crippen molar-refractivity contribution in [3.8, 4) is 0 Å². The molecular formula is C26H30F3N3O4S. The maximum absolute atomic E-state index is 12.8. The summed E-state index contributed by atoms with van der Waals surface area (Å²) in [6, 6.07) is 12.9. The molecule has 4 rings (SSSR count). The number of nitrogens with one attached hydrogen (secondary N) is 2. The minimum Gasteiger partial charge on any atom is -0.349 e. The molecular weight excluding hydrogens is 507 g/mol. The summed E-state index contributed by atoms with van der Waals surface area (Å²) in [6.45, 7) is 1.22. The number of halogens is 3. The Hall–Kier alpha value is -2.60. The van der Waals surface area contributed by atoms with E-state index in [9.17, 15) is 22.8 Å². The molecule has 11 heteroatoms. The second kappa shape index (κ2) is 12.3. The molecule has 37 heavy (non-hydrogen) atoms. The van der Waals surface area contributed by atoms with Crippen molar-refractivity contribution < 1.29 is 32.0 Å². The lowest BCUT2D eigenvalue weighted by atomic mass is 9.80.